The fourth-order valence-electron chi connectivity index (χ4n) is 3.04. The summed E-state index contributed by atoms with van der Waals surface area (Å²) >= 11 is 3.36. The fourth-order valence-corrected chi connectivity index (χ4v) is 4.20. The van der Waals surface area contributed by atoms with Crippen LogP contribution in [0.2, 0.25) is 0 Å². The standard InChI is InChI=1S/C23H23BrN2O4S/c1-30-16-18-4-3-5-21(14-18)25-23(27)19-8-6-17(7-9-19)15-26(31(2,28)29)22-12-10-20(24)11-13-22/h3-14H,15-16H2,1-2H3,(H,25,27). The Morgan fingerprint density at radius 1 is 1.00 bits per heavy atom. The van der Waals surface area contributed by atoms with E-state index in [0.29, 0.717) is 23.5 Å². The van der Waals surface area contributed by atoms with Gasteiger partial charge in [0.1, 0.15) is 0 Å². The van der Waals surface area contributed by atoms with Gasteiger partial charge in [-0.25, -0.2) is 8.42 Å². The predicted octanol–water partition coefficient (Wildman–Crippen LogP) is 4.81. The molecular formula is C23H23BrN2O4S. The molecule has 3 aromatic rings. The van der Waals surface area contributed by atoms with Crippen molar-refractivity contribution in [2.45, 2.75) is 13.2 Å². The summed E-state index contributed by atoms with van der Waals surface area (Å²) in [6.07, 6.45) is 1.18. The number of hydrogen-bond acceptors (Lipinski definition) is 4. The second-order valence-electron chi connectivity index (χ2n) is 7.03. The summed E-state index contributed by atoms with van der Waals surface area (Å²) in [4.78, 5) is 12.6. The van der Waals surface area contributed by atoms with E-state index in [4.69, 9.17) is 4.74 Å². The van der Waals surface area contributed by atoms with Crippen LogP contribution in [0, 0.1) is 0 Å². The summed E-state index contributed by atoms with van der Waals surface area (Å²) in [7, 11) is -1.86. The number of amides is 1. The van der Waals surface area contributed by atoms with Crippen molar-refractivity contribution in [3.8, 4) is 0 Å². The second kappa shape index (κ2) is 10.1. The normalized spacial score (nSPS) is 11.2. The first kappa shape index (κ1) is 23.0. The molecule has 1 amide bonds. The summed E-state index contributed by atoms with van der Waals surface area (Å²) in [5.41, 5.74) is 3.47. The Bertz CT molecular complexity index is 1150. The van der Waals surface area contributed by atoms with E-state index in [1.54, 1.807) is 55.6 Å². The molecule has 0 bridgehead atoms. The van der Waals surface area contributed by atoms with Crippen LogP contribution in [0.3, 0.4) is 0 Å². The lowest BCUT2D eigenvalue weighted by molar-refractivity contribution is 0.102. The van der Waals surface area contributed by atoms with Gasteiger partial charge in [-0.1, -0.05) is 40.2 Å². The Labute approximate surface area is 191 Å². The summed E-state index contributed by atoms with van der Waals surface area (Å²) in [6.45, 7) is 0.634. The third kappa shape index (κ3) is 6.40. The molecule has 1 N–H and O–H groups in total. The lowest BCUT2D eigenvalue weighted by atomic mass is 10.1. The van der Waals surface area contributed by atoms with E-state index in [1.165, 1.54) is 10.6 Å². The molecule has 6 nitrogen and oxygen atoms in total. The number of benzene rings is 3. The zero-order valence-corrected chi connectivity index (χ0v) is 19.6. The zero-order valence-electron chi connectivity index (χ0n) is 17.2. The molecule has 31 heavy (non-hydrogen) atoms. The van der Waals surface area contributed by atoms with E-state index in [9.17, 15) is 13.2 Å². The number of hydrogen-bond donors (Lipinski definition) is 1. The molecule has 162 valence electrons. The van der Waals surface area contributed by atoms with Gasteiger partial charge in [-0.05, 0) is 59.7 Å². The molecule has 0 saturated carbocycles. The Morgan fingerprint density at radius 2 is 1.68 bits per heavy atom. The highest BCUT2D eigenvalue weighted by Gasteiger charge is 2.18. The van der Waals surface area contributed by atoms with Crippen LogP contribution in [-0.2, 0) is 27.9 Å². The lowest BCUT2D eigenvalue weighted by Crippen LogP contribution is -2.29. The van der Waals surface area contributed by atoms with Gasteiger partial charge in [-0.15, -0.1) is 0 Å². The van der Waals surface area contributed by atoms with Gasteiger partial charge < -0.3 is 10.1 Å². The molecule has 0 aromatic heterocycles. The zero-order chi connectivity index (χ0) is 22.4. The molecule has 0 fully saturated rings. The van der Waals surface area contributed by atoms with Gasteiger partial charge >= 0.3 is 0 Å². The smallest absolute Gasteiger partial charge is 0.255 e. The predicted molar refractivity (Wildman–Crippen MR) is 127 cm³/mol. The number of nitrogens with one attached hydrogen (secondary N) is 1. The molecule has 0 heterocycles. The average Bonchev–Trinajstić information content (AvgIpc) is 2.73. The maximum absolute atomic E-state index is 12.6. The molecule has 3 aromatic carbocycles. The van der Waals surface area contributed by atoms with Crippen molar-refractivity contribution in [2.75, 3.05) is 23.0 Å². The van der Waals surface area contributed by atoms with Crippen molar-refractivity contribution >= 4 is 43.2 Å². The fraction of sp³-hybridized carbons (Fsp3) is 0.174. The van der Waals surface area contributed by atoms with E-state index in [2.05, 4.69) is 21.2 Å². The van der Waals surface area contributed by atoms with Crippen LogP contribution in [0.15, 0.2) is 77.3 Å². The topological polar surface area (TPSA) is 75.7 Å². The monoisotopic (exact) mass is 502 g/mol. The van der Waals surface area contributed by atoms with Gasteiger partial charge in [0.2, 0.25) is 10.0 Å². The van der Waals surface area contributed by atoms with Crippen LogP contribution in [0.1, 0.15) is 21.5 Å². The van der Waals surface area contributed by atoms with Gasteiger partial charge in [0.15, 0.2) is 0 Å². The number of methoxy groups -OCH3 is 1. The number of sulfonamides is 1. The summed E-state index contributed by atoms with van der Waals surface area (Å²) in [6, 6.07) is 21.4. The lowest BCUT2D eigenvalue weighted by Gasteiger charge is -2.22. The van der Waals surface area contributed by atoms with E-state index in [-0.39, 0.29) is 12.5 Å². The van der Waals surface area contributed by atoms with Crippen molar-refractivity contribution < 1.29 is 17.9 Å². The van der Waals surface area contributed by atoms with E-state index >= 15 is 0 Å². The minimum absolute atomic E-state index is 0.168. The number of nitrogens with zero attached hydrogens (tertiary/aromatic N) is 1. The molecule has 0 atom stereocenters. The first-order valence-electron chi connectivity index (χ1n) is 9.48. The molecule has 0 radical (unpaired) electrons. The summed E-state index contributed by atoms with van der Waals surface area (Å²) in [5, 5.41) is 2.87. The second-order valence-corrected chi connectivity index (χ2v) is 9.85. The van der Waals surface area contributed by atoms with Crippen LogP contribution in [0.4, 0.5) is 11.4 Å². The maximum Gasteiger partial charge on any atom is 0.255 e. The molecular weight excluding hydrogens is 480 g/mol. The molecule has 0 saturated heterocycles. The van der Waals surface area contributed by atoms with Crippen molar-refractivity contribution in [3.63, 3.8) is 0 Å². The summed E-state index contributed by atoms with van der Waals surface area (Å²) in [5.74, 6) is -0.242. The average molecular weight is 503 g/mol. The van der Waals surface area contributed by atoms with E-state index in [1.807, 2.05) is 24.3 Å². The SMILES string of the molecule is COCc1cccc(NC(=O)c2ccc(CN(c3ccc(Br)cc3)S(C)(=O)=O)cc2)c1. The Balaban J connectivity index is 1.73. The maximum atomic E-state index is 12.6. The number of rotatable bonds is 8. The Hall–Kier alpha value is -2.68. The van der Waals surface area contributed by atoms with Crippen molar-refractivity contribution in [1.82, 2.24) is 0 Å². The van der Waals surface area contributed by atoms with Crippen LogP contribution in [0.25, 0.3) is 0 Å². The molecule has 3 rings (SSSR count). The van der Waals surface area contributed by atoms with Crippen LogP contribution < -0.4 is 9.62 Å². The van der Waals surface area contributed by atoms with Gasteiger partial charge in [-0.3, -0.25) is 9.10 Å². The third-order valence-corrected chi connectivity index (χ3v) is 6.22. The van der Waals surface area contributed by atoms with Gasteiger partial charge in [-0.2, -0.15) is 0 Å². The molecule has 0 spiro atoms. The van der Waals surface area contributed by atoms with E-state index in [0.717, 1.165) is 15.6 Å². The number of ether oxygens (including phenoxy) is 1. The first-order valence-corrected chi connectivity index (χ1v) is 12.1. The Kier molecular flexibility index (Phi) is 7.48. The highest BCUT2D eigenvalue weighted by Crippen LogP contribution is 2.23. The van der Waals surface area contributed by atoms with Crippen LogP contribution in [0.5, 0.6) is 0 Å². The molecule has 8 heteroatoms. The van der Waals surface area contributed by atoms with Crippen molar-refractivity contribution in [2.24, 2.45) is 0 Å². The number of carbonyl (C=O) groups excluding carboxylic acids is 1. The van der Waals surface area contributed by atoms with Crippen LogP contribution >= 0.6 is 15.9 Å². The first-order chi connectivity index (χ1) is 14.8. The van der Waals surface area contributed by atoms with Gasteiger partial charge in [0, 0.05) is 22.8 Å². The van der Waals surface area contributed by atoms with Crippen LogP contribution in [-0.4, -0.2) is 27.7 Å². The molecule has 0 aliphatic carbocycles. The third-order valence-electron chi connectivity index (χ3n) is 4.55. The van der Waals surface area contributed by atoms with Crippen molar-refractivity contribution in [3.05, 3.63) is 94.0 Å². The minimum Gasteiger partial charge on any atom is -0.380 e. The molecule has 0 aliphatic rings. The molecule has 0 unspecified atom stereocenters. The summed E-state index contributed by atoms with van der Waals surface area (Å²) < 4.78 is 31.9. The Morgan fingerprint density at radius 3 is 2.29 bits per heavy atom. The number of anilines is 2. The van der Waals surface area contributed by atoms with Crippen molar-refractivity contribution in [1.29, 1.82) is 0 Å². The minimum atomic E-state index is -3.48. The quantitative estimate of drug-likeness (QED) is 0.479. The highest BCUT2D eigenvalue weighted by atomic mass is 79.9. The van der Waals surface area contributed by atoms with E-state index < -0.39 is 10.0 Å². The van der Waals surface area contributed by atoms with Gasteiger partial charge in [0.05, 0.1) is 25.1 Å². The number of carbonyl (C=O) groups is 1. The number of halogens is 1. The highest BCUT2D eigenvalue weighted by molar-refractivity contribution is 9.10. The molecule has 0 aliphatic heterocycles. The van der Waals surface area contributed by atoms with Gasteiger partial charge in [0.25, 0.3) is 5.91 Å². The largest absolute Gasteiger partial charge is 0.380 e.